The van der Waals surface area contributed by atoms with Gasteiger partial charge in [0.2, 0.25) is 5.36 Å². The maximum Gasteiger partial charge on any atom is 0.490 e. The van der Waals surface area contributed by atoms with E-state index in [0.29, 0.717) is 28.0 Å². The van der Waals surface area contributed by atoms with Gasteiger partial charge in [0.05, 0.1) is 48.5 Å². The molecule has 414 valence electrons. The molecule has 26 nitrogen and oxygen atoms in total. The Labute approximate surface area is 444 Å². The average molecular weight is 1140 g/mol. The Hall–Kier alpha value is -6.78. The van der Waals surface area contributed by atoms with Gasteiger partial charge in [-0.3, -0.25) is 28.8 Å². The van der Waals surface area contributed by atoms with Crippen LogP contribution in [-0.4, -0.2) is 105 Å². The SMILES string of the molecule is CC(C)C[C@H](OCc1cn([C@H]2C[C@@H](O)[C@@H](COP(=O)(O)OP(=O)(O)OP(=O)(O)O)O2)c(=O)nc1N)c1ccc(C#CCNC(=O)c2ccc(C=O)c(-c3c4ccc(=[N+](C)C)cc-4oc4cc(N(C)C)ccc34)c2)cc1[N+](=O)[O-]. The van der Waals surface area contributed by atoms with E-state index in [-0.39, 0.29) is 65.7 Å². The summed E-state index contributed by atoms with van der Waals surface area (Å²) in [5.74, 6) is 5.47. The second-order valence-corrected chi connectivity index (χ2v) is 23.1. The van der Waals surface area contributed by atoms with Crippen LogP contribution in [0.2, 0.25) is 0 Å². The van der Waals surface area contributed by atoms with Gasteiger partial charge in [0.25, 0.3) is 11.6 Å². The van der Waals surface area contributed by atoms with E-state index in [1.165, 1.54) is 24.4 Å². The van der Waals surface area contributed by atoms with Gasteiger partial charge in [-0.2, -0.15) is 13.6 Å². The highest BCUT2D eigenvalue weighted by atomic mass is 31.3. The molecule has 0 bridgehead atoms. The largest absolute Gasteiger partial charge is 0.490 e. The molecule has 2 unspecified atom stereocenters. The molecule has 2 aliphatic heterocycles. The molecule has 0 spiro atoms. The fourth-order valence-electron chi connectivity index (χ4n) is 8.40. The van der Waals surface area contributed by atoms with Crippen LogP contribution in [0.3, 0.4) is 0 Å². The lowest BCUT2D eigenvalue weighted by atomic mass is 9.89. The van der Waals surface area contributed by atoms with Crippen LogP contribution in [0.1, 0.15) is 76.4 Å². The molecule has 3 aliphatic rings. The number of aromatic nitrogens is 2. The number of hydrogen-bond acceptors (Lipinski definition) is 18. The van der Waals surface area contributed by atoms with Crippen LogP contribution in [0, 0.1) is 27.9 Å². The second-order valence-electron chi connectivity index (χ2n) is 18.7. The van der Waals surface area contributed by atoms with E-state index < -0.39 is 71.1 Å². The zero-order chi connectivity index (χ0) is 57.0. The van der Waals surface area contributed by atoms with Crippen LogP contribution in [0.5, 0.6) is 0 Å². The molecule has 1 amide bonds. The van der Waals surface area contributed by atoms with E-state index in [9.17, 15) is 53.1 Å². The lowest BCUT2D eigenvalue weighted by molar-refractivity contribution is -0.386. The quantitative estimate of drug-likeness (QED) is 0.00977. The molecule has 3 aromatic carbocycles. The number of fused-ring (bicyclic) bond motifs is 2. The third kappa shape index (κ3) is 14.5. The number of aldehydes is 1. The highest BCUT2D eigenvalue weighted by Gasteiger charge is 2.43. The third-order valence-corrected chi connectivity index (χ3v) is 15.9. The van der Waals surface area contributed by atoms with Gasteiger partial charge in [0, 0.05) is 89.4 Å². The van der Waals surface area contributed by atoms with Gasteiger partial charge in [-0.1, -0.05) is 31.8 Å². The van der Waals surface area contributed by atoms with E-state index in [4.69, 9.17) is 29.4 Å². The maximum absolute atomic E-state index is 13.7. The number of nitro benzene ring substituents is 1. The van der Waals surface area contributed by atoms with E-state index in [2.05, 4.69) is 35.3 Å². The smallest absolute Gasteiger partial charge is 0.456 e. The van der Waals surface area contributed by atoms with Gasteiger partial charge in [-0.25, -0.2) is 23.1 Å². The number of benzene rings is 4. The zero-order valence-corrected chi connectivity index (χ0v) is 45.3. The Balaban J connectivity index is 1.05. The first kappa shape index (κ1) is 58.9. The number of anilines is 2. The highest BCUT2D eigenvalue weighted by Crippen LogP contribution is 2.66. The van der Waals surface area contributed by atoms with Crippen LogP contribution < -0.4 is 31.6 Å². The standard InChI is InChI=1S/C49H54N7O19P3/c1-28(2)18-41(70-26-32-24-55(49(60)52-47(32)50)45-23-40(58)44(73-45)27-71-77(66,67)75-78(68,69)74-76(63,64)65)35-14-9-29(19-39(35)56(61)62)8-7-17-51-48(59)30-10-11-31(25-57)38(20-30)46-36-15-12-33(53(3)4)21-42(36)72-43-22-34(54(5)6)13-16-37(43)46/h9-16,19-22,24-25,28,40-41,44-45,58H,17-18,23,26-27H2,1-6H3,(H6-,50,51,52,59,60,63,64,65,66,67,68,69)/p+1/t40-,41+,44-,45-/m1/s1. The van der Waals surface area contributed by atoms with Gasteiger partial charge in [-0.15, -0.1) is 0 Å². The van der Waals surface area contributed by atoms with Crippen molar-refractivity contribution in [2.24, 2.45) is 5.92 Å². The summed E-state index contributed by atoms with van der Waals surface area (Å²) < 4.78 is 68.0. The summed E-state index contributed by atoms with van der Waals surface area (Å²) in [6.07, 6.45) is -3.26. The molecule has 4 aromatic rings. The van der Waals surface area contributed by atoms with Crippen molar-refractivity contribution < 1.29 is 79.9 Å². The number of carbonyl (C=O) groups is 2. The summed E-state index contributed by atoms with van der Waals surface area (Å²) in [7, 11) is -9.38. The number of nitrogens with zero attached hydrogens (tertiary/aromatic N) is 5. The van der Waals surface area contributed by atoms with Gasteiger partial charge in [0.1, 0.15) is 43.6 Å². The van der Waals surface area contributed by atoms with Crippen molar-refractivity contribution in [3.05, 3.63) is 133 Å². The van der Waals surface area contributed by atoms with Crippen molar-refractivity contribution >= 4 is 63.8 Å². The number of nitrogen functional groups attached to an aromatic ring is 1. The molecule has 29 heteroatoms. The summed E-state index contributed by atoms with van der Waals surface area (Å²) in [6.45, 7) is 2.25. The minimum atomic E-state index is -5.82. The first-order valence-electron chi connectivity index (χ1n) is 23.6. The second kappa shape index (κ2) is 24.1. The molecule has 8 N–H and O–H groups in total. The fourth-order valence-corrected chi connectivity index (χ4v) is 11.4. The third-order valence-electron chi connectivity index (χ3n) is 12.1. The van der Waals surface area contributed by atoms with Crippen molar-refractivity contribution in [1.29, 1.82) is 0 Å². The van der Waals surface area contributed by atoms with E-state index in [1.807, 2.05) is 87.9 Å². The molecule has 1 aromatic heterocycles. The Morgan fingerprint density at radius 1 is 1.01 bits per heavy atom. The lowest BCUT2D eigenvalue weighted by Gasteiger charge is -2.22. The number of aliphatic hydroxyl groups is 1. The highest BCUT2D eigenvalue weighted by molar-refractivity contribution is 7.66. The molecule has 3 heterocycles. The Morgan fingerprint density at radius 2 is 1.76 bits per heavy atom. The van der Waals surface area contributed by atoms with Crippen molar-refractivity contribution in [2.75, 3.05) is 52.0 Å². The molecule has 78 heavy (non-hydrogen) atoms. The van der Waals surface area contributed by atoms with Crippen molar-refractivity contribution in [1.82, 2.24) is 19.4 Å². The first-order valence-corrected chi connectivity index (χ1v) is 28.1. The number of nitrogens with two attached hydrogens (primary N) is 1. The van der Waals surface area contributed by atoms with Gasteiger partial charge >= 0.3 is 29.2 Å². The van der Waals surface area contributed by atoms with Crippen molar-refractivity contribution in [2.45, 2.75) is 57.8 Å². The van der Waals surface area contributed by atoms with Gasteiger partial charge in [0.15, 0.2) is 6.29 Å². The number of nitro groups is 1. The van der Waals surface area contributed by atoms with Crippen molar-refractivity contribution in [3.8, 4) is 34.3 Å². The average Bonchev–Trinajstić information content (AvgIpc) is 3.90. The van der Waals surface area contributed by atoms with Crippen LogP contribution >= 0.6 is 23.5 Å². The number of rotatable bonds is 20. The molecule has 1 aliphatic carbocycles. The summed E-state index contributed by atoms with van der Waals surface area (Å²) in [5, 5.41) is 27.6. The summed E-state index contributed by atoms with van der Waals surface area (Å²) in [4.78, 5) is 93.7. The maximum atomic E-state index is 13.7. The molecule has 7 rings (SSSR count). The number of carbonyl (C=O) groups excluding carboxylic acids is 2. The lowest BCUT2D eigenvalue weighted by Crippen LogP contribution is -2.29. The number of aliphatic hydroxyl groups excluding tert-OH is 1. The molecule has 1 fully saturated rings. The van der Waals surface area contributed by atoms with Crippen LogP contribution in [0.15, 0.2) is 88.2 Å². The molecular formula is C49H55N7O19P3+. The Bertz CT molecular complexity index is 3620. The summed E-state index contributed by atoms with van der Waals surface area (Å²) >= 11 is 0. The number of amides is 1. The minimum Gasteiger partial charge on any atom is -0.456 e. The van der Waals surface area contributed by atoms with E-state index >= 15 is 0 Å². The first-order chi connectivity index (χ1) is 36.6. The monoisotopic (exact) mass is 1140 g/mol. The molecular weight excluding hydrogens is 1080 g/mol. The number of phosphoric ester groups is 1. The zero-order valence-electron chi connectivity index (χ0n) is 42.6. The Morgan fingerprint density at radius 3 is 2.42 bits per heavy atom. The molecule has 0 radical (unpaired) electrons. The van der Waals surface area contributed by atoms with Gasteiger partial charge < -0.3 is 54.5 Å². The molecule has 0 saturated carbocycles. The molecule has 1 saturated heterocycles. The van der Waals surface area contributed by atoms with Crippen LogP contribution in [-0.2, 0) is 42.9 Å². The number of ether oxygens (including phenoxy) is 2. The van der Waals surface area contributed by atoms with E-state index in [1.54, 1.807) is 18.2 Å². The fraction of sp³-hybridized carbons (Fsp3) is 0.327. The van der Waals surface area contributed by atoms with Gasteiger partial charge in [-0.05, 0) is 60.4 Å². The van der Waals surface area contributed by atoms with Crippen molar-refractivity contribution in [3.63, 3.8) is 0 Å². The van der Waals surface area contributed by atoms with E-state index in [0.717, 1.165) is 32.8 Å². The normalized spacial score (nSPS) is 17.5. The predicted octanol–water partition coefficient (Wildman–Crippen LogP) is 5.24. The summed E-state index contributed by atoms with van der Waals surface area (Å²) in [5.41, 5.74) is 9.40. The number of nitrogens with one attached hydrogen (secondary N) is 1. The van der Waals surface area contributed by atoms with Crippen LogP contribution in [0.25, 0.3) is 33.4 Å². The topological polar surface area (TPSA) is 368 Å². The minimum absolute atomic E-state index is 0.0580. The van der Waals surface area contributed by atoms with Crippen LogP contribution in [0.4, 0.5) is 17.2 Å². The molecule has 6 atom stereocenters. The number of phosphoric acid groups is 3. The predicted molar refractivity (Wildman–Crippen MR) is 282 cm³/mol. The number of hydrogen-bond donors (Lipinski definition) is 7. The Kier molecular flexibility index (Phi) is 18.2. The summed E-state index contributed by atoms with van der Waals surface area (Å²) in [6, 6.07) is 20.6.